The third-order valence-electron chi connectivity index (χ3n) is 4.65. The SMILES string of the molecule is CCOc1ccc(-c2noc(CN(CC(=O)OC)Cc3cc(OC)cc(OC)c3)n2)cc1. The van der Waals surface area contributed by atoms with E-state index in [0.29, 0.717) is 36.4 Å². The lowest BCUT2D eigenvalue weighted by Crippen LogP contribution is -2.30. The number of rotatable bonds is 11. The van der Waals surface area contributed by atoms with Gasteiger partial charge in [0.15, 0.2) is 0 Å². The Balaban J connectivity index is 1.77. The molecule has 0 radical (unpaired) electrons. The number of methoxy groups -OCH3 is 3. The van der Waals surface area contributed by atoms with Gasteiger partial charge in [0.05, 0.1) is 41.0 Å². The van der Waals surface area contributed by atoms with Crippen LogP contribution in [0.5, 0.6) is 17.2 Å². The van der Waals surface area contributed by atoms with E-state index >= 15 is 0 Å². The summed E-state index contributed by atoms with van der Waals surface area (Å²) in [6.07, 6.45) is 0. The first-order chi connectivity index (χ1) is 15.5. The molecule has 0 unspecified atom stereocenters. The minimum atomic E-state index is -0.369. The van der Waals surface area contributed by atoms with Gasteiger partial charge in [-0.25, -0.2) is 0 Å². The lowest BCUT2D eigenvalue weighted by molar-refractivity contribution is -0.142. The smallest absolute Gasteiger partial charge is 0.319 e. The number of ether oxygens (including phenoxy) is 4. The molecule has 3 rings (SSSR count). The molecule has 2 aromatic carbocycles. The van der Waals surface area contributed by atoms with Crippen LogP contribution < -0.4 is 14.2 Å². The van der Waals surface area contributed by atoms with Gasteiger partial charge in [-0.15, -0.1) is 0 Å². The lowest BCUT2D eigenvalue weighted by atomic mass is 10.2. The zero-order chi connectivity index (χ0) is 22.9. The summed E-state index contributed by atoms with van der Waals surface area (Å²) in [5.41, 5.74) is 1.71. The lowest BCUT2D eigenvalue weighted by Gasteiger charge is -2.20. The van der Waals surface area contributed by atoms with Crippen LogP contribution in [0.15, 0.2) is 47.0 Å². The van der Waals surface area contributed by atoms with Gasteiger partial charge in [-0.3, -0.25) is 9.69 Å². The molecule has 170 valence electrons. The van der Waals surface area contributed by atoms with E-state index in [9.17, 15) is 4.79 Å². The van der Waals surface area contributed by atoms with Gasteiger partial charge in [-0.1, -0.05) is 5.16 Å². The zero-order valence-corrected chi connectivity index (χ0v) is 18.7. The molecule has 0 fully saturated rings. The highest BCUT2D eigenvalue weighted by atomic mass is 16.5. The van der Waals surface area contributed by atoms with Crippen molar-refractivity contribution in [3.05, 3.63) is 53.9 Å². The number of aromatic nitrogens is 2. The second kappa shape index (κ2) is 11.1. The Morgan fingerprint density at radius 2 is 1.66 bits per heavy atom. The van der Waals surface area contributed by atoms with Crippen molar-refractivity contribution < 1.29 is 28.3 Å². The maximum absolute atomic E-state index is 12.0. The van der Waals surface area contributed by atoms with Gasteiger partial charge in [0.25, 0.3) is 0 Å². The summed E-state index contributed by atoms with van der Waals surface area (Å²) >= 11 is 0. The van der Waals surface area contributed by atoms with Gasteiger partial charge in [0.2, 0.25) is 11.7 Å². The molecule has 9 nitrogen and oxygen atoms in total. The number of carbonyl (C=O) groups excluding carboxylic acids is 1. The Kier molecular flexibility index (Phi) is 8.04. The number of benzene rings is 2. The van der Waals surface area contributed by atoms with Crippen molar-refractivity contribution in [1.29, 1.82) is 0 Å². The summed E-state index contributed by atoms with van der Waals surface area (Å²) in [4.78, 5) is 18.3. The van der Waals surface area contributed by atoms with E-state index in [1.165, 1.54) is 7.11 Å². The van der Waals surface area contributed by atoms with Gasteiger partial charge in [0, 0.05) is 18.2 Å². The van der Waals surface area contributed by atoms with E-state index in [2.05, 4.69) is 10.1 Å². The van der Waals surface area contributed by atoms with Crippen LogP contribution in [-0.4, -0.2) is 55.5 Å². The van der Waals surface area contributed by atoms with E-state index in [4.69, 9.17) is 23.5 Å². The largest absolute Gasteiger partial charge is 0.497 e. The first-order valence-corrected chi connectivity index (χ1v) is 10.1. The highest BCUT2D eigenvalue weighted by Crippen LogP contribution is 2.24. The van der Waals surface area contributed by atoms with E-state index in [1.54, 1.807) is 20.3 Å². The van der Waals surface area contributed by atoms with Crippen LogP contribution in [0.3, 0.4) is 0 Å². The Hall–Kier alpha value is -3.59. The summed E-state index contributed by atoms with van der Waals surface area (Å²) in [6, 6.07) is 13.0. The number of hydrogen-bond donors (Lipinski definition) is 0. The summed E-state index contributed by atoms with van der Waals surface area (Å²) in [5, 5.41) is 4.07. The number of esters is 1. The zero-order valence-electron chi connectivity index (χ0n) is 18.7. The standard InChI is InChI=1S/C23H27N3O6/c1-5-31-18-8-6-17(7-9-18)23-24-21(32-25-23)14-26(15-22(27)30-4)13-16-10-19(28-2)12-20(11-16)29-3/h6-12H,5,13-15H2,1-4H3. The summed E-state index contributed by atoms with van der Waals surface area (Å²) < 4.78 is 26.4. The molecule has 3 aromatic rings. The molecular weight excluding hydrogens is 414 g/mol. The van der Waals surface area contributed by atoms with Crippen LogP contribution in [-0.2, 0) is 22.6 Å². The van der Waals surface area contributed by atoms with Crippen LogP contribution in [0.25, 0.3) is 11.4 Å². The second-order valence-electron chi connectivity index (χ2n) is 6.91. The van der Waals surface area contributed by atoms with E-state index in [1.807, 2.05) is 48.2 Å². The third kappa shape index (κ3) is 6.21. The van der Waals surface area contributed by atoms with Crippen molar-refractivity contribution in [2.45, 2.75) is 20.0 Å². The first-order valence-electron chi connectivity index (χ1n) is 10.1. The van der Waals surface area contributed by atoms with Crippen LogP contribution in [0.2, 0.25) is 0 Å². The van der Waals surface area contributed by atoms with Crippen molar-refractivity contribution in [2.75, 3.05) is 34.5 Å². The summed E-state index contributed by atoms with van der Waals surface area (Å²) in [6.45, 7) is 3.26. The fraction of sp³-hybridized carbons (Fsp3) is 0.348. The number of carbonyl (C=O) groups is 1. The van der Waals surface area contributed by atoms with E-state index in [0.717, 1.165) is 16.9 Å². The predicted octanol–water partition coefficient (Wildman–Crippen LogP) is 3.33. The van der Waals surface area contributed by atoms with Gasteiger partial charge in [-0.2, -0.15) is 4.98 Å². The monoisotopic (exact) mass is 441 g/mol. The topological polar surface area (TPSA) is 96.2 Å². The molecule has 0 bridgehead atoms. The Bertz CT molecular complexity index is 997. The average Bonchev–Trinajstić information content (AvgIpc) is 3.27. The van der Waals surface area contributed by atoms with Crippen molar-refractivity contribution in [3.8, 4) is 28.6 Å². The molecular formula is C23H27N3O6. The molecule has 0 aliphatic heterocycles. The molecule has 0 amide bonds. The van der Waals surface area contributed by atoms with Gasteiger partial charge >= 0.3 is 5.97 Å². The molecule has 9 heteroatoms. The molecule has 0 aliphatic rings. The van der Waals surface area contributed by atoms with Crippen molar-refractivity contribution in [3.63, 3.8) is 0 Å². The number of nitrogens with zero attached hydrogens (tertiary/aromatic N) is 3. The molecule has 0 saturated carbocycles. The summed E-state index contributed by atoms with van der Waals surface area (Å²) in [7, 11) is 4.53. The molecule has 0 N–H and O–H groups in total. The van der Waals surface area contributed by atoms with Crippen molar-refractivity contribution in [1.82, 2.24) is 15.0 Å². The molecule has 1 aromatic heterocycles. The van der Waals surface area contributed by atoms with Crippen molar-refractivity contribution >= 4 is 5.97 Å². The molecule has 0 aliphatic carbocycles. The molecule has 1 heterocycles. The summed E-state index contributed by atoms with van der Waals surface area (Å²) in [5.74, 6) is 2.57. The predicted molar refractivity (Wildman–Crippen MR) is 117 cm³/mol. The third-order valence-corrected chi connectivity index (χ3v) is 4.65. The van der Waals surface area contributed by atoms with Gasteiger partial charge in [-0.05, 0) is 48.9 Å². The Labute approximate surface area is 186 Å². The van der Waals surface area contributed by atoms with E-state index in [-0.39, 0.29) is 19.1 Å². The van der Waals surface area contributed by atoms with Crippen LogP contribution in [0, 0.1) is 0 Å². The first kappa shape index (κ1) is 23.1. The van der Waals surface area contributed by atoms with Crippen LogP contribution in [0.1, 0.15) is 18.4 Å². The quantitative estimate of drug-likeness (QED) is 0.415. The fourth-order valence-corrected chi connectivity index (χ4v) is 3.13. The maximum atomic E-state index is 12.0. The highest BCUT2D eigenvalue weighted by molar-refractivity contribution is 5.71. The maximum Gasteiger partial charge on any atom is 0.319 e. The average molecular weight is 441 g/mol. The molecule has 32 heavy (non-hydrogen) atoms. The van der Waals surface area contributed by atoms with E-state index < -0.39 is 0 Å². The molecule has 0 atom stereocenters. The van der Waals surface area contributed by atoms with Crippen LogP contribution >= 0.6 is 0 Å². The minimum absolute atomic E-state index is 0.0524. The van der Waals surface area contributed by atoms with Gasteiger partial charge < -0.3 is 23.5 Å². The van der Waals surface area contributed by atoms with Crippen molar-refractivity contribution in [2.24, 2.45) is 0 Å². The second-order valence-corrected chi connectivity index (χ2v) is 6.91. The molecule has 0 saturated heterocycles. The highest BCUT2D eigenvalue weighted by Gasteiger charge is 2.18. The molecule has 0 spiro atoms. The number of hydrogen-bond acceptors (Lipinski definition) is 9. The Morgan fingerprint density at radius 1 is 0.969 bits per heavy atom. The van der Waals surface area contributed by atoms with Gasteiger partial charge in [0.1, 0.15) is 17.2 Å². The Morgan fingerprint density at radius 3 is 2.25 bits per heavy atom. The fourth-order valence-electron chi connectivity index (χ4n) is 3.13. The normalized spacial score (nSPS) is 10.8. The van der Waals surface area contributed by atoms with Crippen LogP contribution in [0.4, 0.5) is 0 Å². The minimum Gasteiger partial charge on any atom is -0.497 e.